The zero-order valence-corrected chi connectivity index (χ0v) is 13.9. The number of amides is 1. The van der Waals surface area contributed by atoms with Crippen molar-refractivity contribution in [3.8, 4) is 11.5 Å². The number of hydrogen-bond acceptors (Lipinski definition) is 5. The zero-order chi connectivity index (χ0) is 17.2. The van der Waals surface area contributed by atoms with Gasteiger partial charge in [-0.25, -0.2) is 4.79 Å². The summed E-state index contributed by atoms with van der Waals surface area (Å²) in [4.78, 5) is 23.1. The Morgan fingerprint density at radius 2 is 1.78 bits per heavy atom. The second-order valence-electron chi connectivity index (χ2n) is 4.96. The average molecular weight is 321 g/mol. The maximum absolute atomic E-state index is 11.6. The second kappa shape index (κ2) is 9.50. The highest BCUT2D eigenvalue weighted by Gasteiger charge is 2.07. The van der Waals surface area contributed by atoms with Crippen LogP contribution in [0, 0.1) is 0 Å². The SMILES string of the molecule is CC[C@@H](C)NC(=O)COC(=O)/C=C/c1cc(OC)cc(OC)c1. The molecule has 6 nitrogen and oxygen atoms in total. The number of carbonyl (C=O) groups is 2. The predicted octanol–water partition coefficient (Wildman–Crippen LogP) is 2.17. The van der Waals surface area contributed by atoms with E-state index in [4.69, 9.17) is 14.2 Å². The third kappa shape index (κ3) is 6.86. The van der Waals surface area contributed by atoms with E-state index in [9.17, 15) is 9.59 Å². The molecule has 0 aromatic heterocycles. The molecule has 0 aliphatic carbocycles. The van der Waals surface area contributed by atoms with E-state index in [1.807, 2.05) is 13.8 Å². The maximum Gasteiger partial charge on any atom is 0.331 e. The number of ether oxygens (including phenoxy) is 3. The molecule has 0 aliphatic rings. The van der Waals surface area contributed by atoms with Crippen molar-refractivity contribution in [2.75, 3.05) is 20.8 Å². The van der Waals surface area contributed by atoms with Gasteiger partial charge in [0.05, 0.1) is 14.2 Å². The van der Waals surface area contributed by atoms with E-state index in [1.165, 1.54) is 6.08 Å². The monoisotopic (exact) mass is 321 g/mol. The highest BCUT2D eigenvalue weighted by atomic mass is 16.5. The molecule has 6 heteroatoms. The lowest BCUT2D eigenvalue weighted by atomic mass is 10.2. The van der Waals surface area contributed by atoms with Crippen LogP contribution in [0.2, 0.25) is 0 Å². The van der Waals surface area contributed by atoms with Gasteiger partial charge in [0.1, 0.15) is 11.5 Å². The molecule has 0 aliphatic heterocycles. The Balaban J connectivity index is 2.56. The smallest absolute Gasteiger partial charge is 0.331 e. The number of carbonyl (C=O) groups excluding carboxylic acids is 2. The standard InChI is InChI=1S/C17H23NO5/c1-5-12(2)18-16(19)11-23-17(20)7-6-13-8-14(21-3)10-15(9-13)22-4/h6-10,12H,5,11H2,1-4H3,(H,18,19)/b7-6+/t12-/m1/s1. The zero-order valence-electron chi connectivity index (χ0n) is 13.9. The molecule has 0 saturated heterocycles. The van der Waals surface area contributed by atoms with Crippen LogP contribution in [-0.2, 0) is 14.3 Å². The molecule has 0 unspecified atom stereocenters. The summed E-state index contributed by atoms with van der Waals surface area (Å²) in [5.41, 5.74) is 0.724. The second-order valence-corrected chi connectivity index (χ2v) is 4.96. The molecule has 126 valence electrons. The third-order valence-corrected chi connectivity index (χ3v) is 3.15. The molecule has 1 atom stereocenters. The summed E-state index contributed by atoms with van der Waals surface area (Å²) in [7, 11) is 3.10. The fourth-order valence-corrected chi connectivity index (χ4v) is 1.69. The van der Waals surface area contributed by atoms with E-state index < -0.39 is 5.97 Å². The highest BCUT2D eigenvalue weighted by Crippen LogP contribution is 2.23. The van der Waals surface area contributed by atoms with Gasteiger partial charge in [0.2, 0.25) is 0 Å². The van der Waals surface area contributed by atoms with Crippen molar-refractivity contribution in [3.05, 3.63) is 29.8 Å². The summed E-state index contributed by atoms with van der Waals surface area (Å²) in [6, 6.07) is 5.29. The molecule has 1 N–H and O–H groups in total. The number of hydrogen-bond donors (Lipinski definition) is 1. The van der Waals surface area contributed by atoms with Crippen LogP contribution in [0.3, 0.4) is 0 Å². The van der Waals surface area contributed by atoms with Crippen LogP contribution in [0.25, 0.3) is 6.08 Å². The third-order valence-electron chi connectivity index (χ3n) is 3.15. The Hall–Kier alpha value is -2.50. The normalized spacial score (nSPS) is 11.8. The van der Waals surface area contributed by atoms with Gasteiger partial charge in [-0.1, -0.05) is 6.92 Å². The number of nitrogens with one attached hydrogen (secondary N) is 1. The van der Waals surface area contributed by atoms with Crippen molar-refractivity contribution in [2.45, 2.75) is 26.3 Å². The lowest BCUT2D eigenvalue weighted by Crippen LogP contribution is -2.35. The van der Waals surface area contributed by atoms with Gasteiger partial charge in [-0.2, -0.15) is 0 Å². The first-order chi connectivity index (χ1) is 11.0. The van der Waals surface area contributed by atoms with Crippen molar-refractivity contribution >= 4 is 18.0 Å². The van der Waals surface area contributed by atoms with Crippen LogP contribution in [-0.4, -0.2) is 38.7 Å². The molecule has 0 saturated carbocycles. The molecule has 0 radical (unpaired) electrons. The number of benzene rings is 1. The highest BCUT2D eigenvalue weighted by molar-refractivity contribution is 5.89. The number of methoxy groups -OCH3 is 2. The molecular weight excluding hydrogens is 298 g/mol. The molecule has 1 aromatic rings. The van der Waals surface area contributed by atoms with Crippen molar-refractivity contribution in [1.82, 2.24) is 5.32 Å². The van der Waals surface area contributed by atoms with Crippen LogP contribution in [0.1, 0.15) is 25.8 Å². The van der Waals surface area contributed by atoms with Gasteiger partial charge in [-0.15, -0.1) is 0 Å². The predicted molar refractivity (Wildman–Crippen MR) is 87.4 cm³/mol. The fourth-order valence-electron chi connectivity index (χ4n) is 1.69. The van der Waals surface area contributed by atoms with E-state index in [0.717, 1.165) is 12.0 Å². The first-order valence-corrected chi connectivity index (χ1v) is 7.35. The van der Waals surface area contributed by atoms with Gasteiger partial charge in [0.15, 0.2) is 6.61 Å². The van der Waals surface area contributed by atoms with Crippen molar-refractivity contribution in [1.29, 1.82) is 0 Å². The average Bonchev–Trinajstić information content (AvgIpc) is 2.57. The summed E-state index contributed by atoms with van der Waals surface area (Å²) < 4.78 is 15.2. The molecule has 23 heavy (non-hydrogen) atoms. The Kier molecular flexibility index (Phi) is 7.66. The molecule has 0 heterocycles. The van der Waals surface area contributed by atoms with Crippen molar-refractivity contribution in [3.63, 3.8) is 0 Å². The summed E-state index contributed by atoms with van der Waals surface area (Å²) in [5, 5.41) is 2.72. The molecule has 0 spiro atoms. The molecule has 1 amide bonds. The van der Waals surface area contributed by atoms with Crippen LogP contribution >= 0.6 is 0 Å². The maximum atomic E-state index is 11.6. The van der Waals surface area contributed by atoms with Gasteiger partial charge in [0.25, 0.3) is 5.91 Å². The first-order valence-electron chi connectivity index (χ1n) is 7.35. The minimum absolute atomic E-state index is 0.0565. The van der Waals surface area contributed by atoms with E-state index in [1.54, 1.807) is 38.5 Å². The Morgan fingerprint density at radius 1 is 1.17 bits per heavy atom. The minimum Gasteiger partial charge on any atom is -0.497 e. The quantitative estimate of drug-likeness (QED) is 0.587. The van der Waals surface area contributed by atoms with E-state index in [0.29, 0.717) is 11.5 Å². The largest absolute Gasteiger partial charge is 0.497 e. The topological polar surface area (TPSA) is 73.9 Å². The van der Waals surface area contributed by atoms with E-state index in [-0.39, 0.29) is 18.6 Å². The number of rotatable bonds is 8. The van der Waals surface area contributed by atoms with Crippen LogP contribution in [0.15, 0.2) is 24.3 Å². The molecule has 1 rings (SSSR count). The summed E-state index contributed by atoms with van der Waals surface area (Å²) in [6.07, 6.45) is 3.64. The van der Waals surface area contributed by atoms with Crippen molar-refractivity contribution < 1.29 is 23.8 Å². The van der Waals surface area contributed by atoms with Crippen LogP contribution in [0.4, 0.5) is 0 Å². The first kappa shape index (κ1) is 18.5. The summed E-state index contributed by atoms with van der Waals surface area (Å²) in [5.74, 6) is 0.325. The Labute approximate surface area is 136 Å². The van der Waals surface area contributed by atoms with E-state index in [2.05, 4.69) is 5.32 Å². The minimum atomic E-state index is -0.592. The number of esters is 1. The molecule has 0 fully saturated rings. The van der Waals surface area contributed by atoms with Gasteiger partial charge < -0.3 is 19.5 Å². The van der Waals surface area contributed by atoms with Gasteiger partial charge in [-0.3, -0.25) is 4.79 Å². The molecule has 0 bridgehead atoms. The summed E-state index contributed by atoms with van der Waals surface area (Å²) in [6.45, 7) is 3.55. The summed E-state index contributed by atoms with van der Waals surface area (Å²) >= 11 is 0. The Morgan fingerprint density at radius 3 is 2.30 bits per heavy atom. The molecule has 1 aromatic carbocycles. The fraction of sp³-hybridized carbons (Fsp3) is 0.412. The van der Waals surface area contributed by atoms with Crippen LogP contribution < -0.4 is 14.8 Å². The van der Waals surface area contributed by atoms with Crippen molar-refractivity contribution in [2.24, 2.45) is 0 Å². The lowest BCUT2D eigenvalue weighted by molar-refractivity contribution is -0.144. The Bertz CT molecular complexity index is 546. The molecular formula is C17H23NO5. The van der Waals surface area contributed by atoms with Crippen LogP contribution in [0.5, 0.6) is 11.5 Å². The van der Waals surface area contributed by atoms with Gasteiger partial charge >= 0.3 is 5.97 Å². The lowest BCUT2D eigenvalue weighted by Gasteiger charge is -2.10. The van der Waals surface area contributed by atoms with E-state index >= 15 is 0 Å². The van der Waals surface area contributed by atoms with Gasteiger partial charge in [0, 0.05) is 18.2 Å². The van der Waals surface area contributed by atoms with Gasteiger partial charge in [-0.05, 0) is 37.1 Å².